The predicted molar refractivity (Wildman–Crippen MR) is 94.1 cm³/mol. The summed E-state index contributed by atoms with van der Waals surface area (Å²) >= 11 is 0. The van der Waals surface area contributed by atoms with Crippen LogP contribution in [0.1, 0.15) is 43.4 Å². The Morgan fingerprint density at radius 2 is 1.78 bits per heavy atom. The number of nitrogens with zero attached hydrogens (tertiary/aromatic N) is 2. The number of aromatic nitrogens is 3. The Hall–Kier alpha value is -2.36. The molecule has 0 saturated heterocycles. The summed E-state index contributed by atoms with van der Waals surface area (Å²) in [5, 5.41) is 0.652. The number of benzene rings is 1. The van der Waals surface area contributed by atoms with Crippen LogP contribution in [-0.2, 0) is 12.0 Å². The van der Waals surface area contributed by atoms with Crippen molar-refractivity contribution in [2.45, 2.75) is 46.6 Å². The van der Waals surface area contributed by atoms with Crippen LogP contribution in [0, 0.1) is 13.8 Å². The van der Waals surface area contributed by atoms with Crippen LogP contribution in [0.25, 0.3) is 11.0 Å². The Bertz CT molecular complexity index is 909. The van der Waals surface area contributed by atoms with E-state index in [1.165, 1.54) is 5.56 Å². The van der Waals surface area contributed by atoms with Crippen LogP contribution in [0.3, 0.4) is 0 Å². The lowest BCUT2D eigenvalue weighted by Crippen LogP contribution is -2.24. The first-order valence-corrected chi connectivity index (χ1v) is 7.92. The quantitative estimate of drug-likeness (QED) is 0.785. The molecule has 0 aliphatic heterocycles. The van der Waals surface area contributed by atoms with Gasteiger partial charge in [0, 0.05) is 5.69 Å². The van der Waals surface area contributed by atoms with Gasteiger partial charge in [-0.2, -0.15) is 0 Å². The van der Waals surface area contributed by atoms with E-state index in [4.69, 9.17) is 0 Å². The van der Waals surface area contributed by atoms with Gasteiger partial charge in [0.1, 0.15) is 11.5 Å². The second kappa shape index (κ2) is 5.37. The Morgan fingerprint density at radius 1 is 1.13 bits per heavy atom. The van der Waals surface area contributed by atoms with Crippen LogP contribution < -0.4 is 5.56 Å². The molecule has 3 aromatic rings. The van der Waals surface area contributed by atoms with E-state index in [9.17, 15) is 4.79 Å². The lowest BCUT2D eigenvalue weighted by Gasteiger charge is -2.19. The van der Waals surface area contributed by atoms with Crippen molar-refractivity contribution in [3.63, 3.8) is 0 Å². The molecule has 0 radical (unpaired) electrons. The maximum atomic E-state index is 12.7. The van der Waals surface area contributed by atoms with Crippen LogP contribution in [-0.4, -0.2) is 14.5 Å². The number of aromatic amines is 1. The van der Waals surface area contributed by atoms with Gasteiger partial charge >= 0.3 is 0 Å². The van der Waals surface area contributed by atoms with Crippen molar-refractivity contribution < 1.29 is 0 Å². The number of hydrogen-bond acceptors (Lipinski definition) is 2. The van der Waals surface area contributed by atoms with Crippen molar-refractivity contribution in [3.05, 3.63) is 63.3 Å². The first-order chi connectivity index (χ1) is 10.8. The fraction of sp³-hybridized carbons (Fsp3) is 0.368. The molecule has 23 heavy (non-hydrogen) atoms. The molecule has 120 valence electrons. The molecular weight excluding hydrogens is 286 g/mol. The van der Waals surface area contributed by atoms with Gasteiger partial charge in [0.15, 0.2) is 0 Å². The predicted octanol–water partition coefficient (Wildman–Crippen LogP) is 3.69. The van der Waals surface area contributed by atoms with Gasteiger partial charge in [-0.3, -0.25) is 9.36 Å². The minimum Gasteiger partial charge on any atom is -0.343 e. The highest BCUT2D eigenvalue weighted by Crippen LogP contribution is 2.22. The van der Waals surface area contributed by atoms with Crippen LogP contribution in [0.4, 0.5) is 0 Å². The van der Waals surface area contributed by atoms with Gasteiger partial charge in [-0.1, -0.05) is 45.0 Å². The summed E-state index contributed by atoms with van der Waals surface area (Å²) < 4.78 is 1.74. The number of hydrogen-bond donors (Lipinski definition) is 1. The van der Waals surface area contributed by atoms with E-state index < -0.39 is 0 Å². The zero-order valence-electron chi connectivity index (χ0n) is 14.4. The third-order valence-electron chi connectivity index (χ3n) is 4.23. The maximum Gasteiger partial charge on any atom is 0.263 e. The molecule has 0 atom stereocenters. The van der Waals surface area contributed by atoms with E-state index in [0.29, 0.717) is 17.6 Å². The SMILES string of the molecule is Cc1cc2c(=O)n(Cc3ccc(C(C)(C)C)cc3)c(C)nc2[nH]1. The highest BCUT2D eigenvalue weighted by atomic mass is 16.1. The van der Waals surface area contributed by atoms with Gasteiger partial charge in [-0.25, -0.2) is 4.98 Å². The number of aryl methyl sites for hydroxylation is 2. The van der Waals surface area contributed by atoms with Gasteiger partial charge in [-0.05, 0) is 36.5 Å². The molecule has 4 nitrogen and oxygen atoms in total. The third kappa shape index (κ3) is 2.93. The smallest absolute Gasteiger partial charge is 0.263 e. The Morgan fingerprint density at radius 3 is 2.39 bits per heavy atom. The molecule has 2 aromatic heterocycles. The molecule has 2 heterocycles. The first kappa shape index (κ1) is 15.5. The molecule has 0 unspecified atom stereocenters. The molecule has 0 bridgehead atoms. The van der Waals surface area contributed by atoms with Crippen LogP contribution in [0.5, 0.6) is 0 Å². The van der Waals surface area contributed by atoms with E-state index in [-0.39, 0.29) is 11.0 Å². The highest BCUT2D eigenvalue weighted by molar-refractivity contribution is 5.75. The molecular formula is C19H23N3O. The van der Waals surface area contributed by atoms with Crippen LogP contribution in [0.2, 0.25) is 0 Å². The molecule has 0 saturated carbocycles. The minimum atomic E-state index is 0.0109. The second-order valence-corrected chi connectivity index (χ2v) is 7.21. The van der Waals surface area contributed by atoms with Gasteiger partial charge in [0.25, 0.3) is 5.56 Å². The van der Waals surface area contributed by atoms with Crippen molar-refractivity contribution in [2.24, 2.45) is 0 Å². The van der Waals surface area contributed by atoms with Gasteiger partial charge in [0.2, 0.25) is 0 Å². The molecule has 0 aliphatic carbocycles. The minimum absolute atomic E-state index is 0.0109. The summed E-state index contributed by atoms with van der Waals surface area (Å²) in [6, 6.07) is 10.3. The van der Waals surface area contributed by atoms with E-state index in [1.54, 1.807) is 4.57 Å². The largest absolute Gasteiger partial charge is 0.343 e. The highest BCUT2D eigenvalue weighted by Gasteiger charge is 2.14. The van der Waals surface area contributed by atoms with E-state index >= 15 is 0 Å². The summed E-state index contributed by atoms with van der Waals surface area (Å²) in [5.41, 5.74) is 4.17. The summed E-state index contributed by atoms with van der Waals surface area (Å²) in [6.45, 7) is 10.9. The maximum absolute atomic E-state index is 12.7. The molecule has 1 N–H and O–H groups in total. The van der Waals surface area contributed by atoms with Gasteiger partial charge in [-0.15, -0.1) is 0 Å². The fourth-order valence-electron chi connectivity index (χ4n) is 2.82. The number of nitrogens with one attached hydrogen (secondary N) is 1. The van der Waals surface area contributed by atoms with Crippen LogP contribution >= 0.6 is 0 Å². The fourth-order valence-corrected chi connectivity index (χ4v) is 2.82. The standard InChI is InChI=1S/C19H23N3O/c1-12-10-16-17(20-12)21-13(2)22(18(16)23)11-14-6-8-15(9-7-14)19(3,4)5/h6-10,20H,11H2,1-5H3. The zero-order valence-corrected chi connectivity index (χ0v) is 14.4. The Kier molecular flexibility index (Phi) is 3.63. The van der Waals surface area contributed by atoms with Gasteiger partial charge < -0.3 is 4.98 Å². The van der Waals surface area contributed by atoms with Crippen molar-refractivity contribution in [3.8, 4) is 0 Å². The molecule has 0 spiro atoms. The first-order valence-electron chi connectivity index (χ1n) is 7.92. The Balaban J connectivity index is 2.00. The topological polar surface area (TPSA) is 50.7 Å². The normalized spacial score (nSPS) is 12.0. The average Bonchev–Trinajstić information content (AvgIpc) is 2.83. The van der Waals surface area contributed by atoms with Crippen molar-refractivity contribution in [1.82, 2.24) is 14.5 Å². The van der Waals surface area contributed by atoms with E-state index in [0.717, 1.165) is 17.1 Å². The molecule has 3 rings (SSSR count). The third-order valence-corrected chi connectivity index (χ3v) is 4.23. The van der Waals surface area contributed by atoms with Crippen molar-refractivity contribution in [2.75, 3.05) is 0 Å². The van der Waals surface area contributed by atoms with E-state index in [2.05, 4.69) is 55.0 Å². The number of rotatable bonds is 2. The molecule has 0 fully saturated rings. The lowest BCUT2D eigenvalue weighted by atomic mass is 9.87. The summed E-state index contributed by atoms with van der Waals surface area (Å²) in [4.78, 5) is 20.3. The number of fused-ring (bicyclic) bond motifs is 1. The average molecular weight is 309 g/mol. The van der Waals surface area contributed by atoms with Gasteiger partial charge in [0.05, 0.1) is 11.9 Å². The molecule has 4 heteroatoms. The summed E-state index contributed by atoms with van der Waals surface area (Å²) in [5.74, 6) is 0.726. The van der Waals surface area contributed by atoms with Crippen LogP contribution in [0.15, 0.2) is 35.1 Å². The monoisotopic (exact) mass is 309 g/mol. The summed E-state index contributed by atoms with van der Waals surface area (Å²) in [6.07, 6.45) is 0. The molecule has 0 aliphatic rings. The van der Waals surface area contributed by atoms with Crippen molar-refractivity contribution >= 4 is 11.0 Å². The Labute approximate surface area is 136 Å². The van der Waals surface area contributed by atoms with E-state index in [1.807, 2.05) is 19.9 Å². The second-order valence-electron chi connectivity index (χ2n) is 7.21. The number of H-pyrrole nitrogens is 1. The molecule has 1 aromatic carbocycles. The van der Waals surface area contributed by atoms with Crippen molar-refractivity contribution in [1.29, 1.82) is 0 Å². The summed E-state index contributed by atoms with van der Waals surface area (Å²) in [7, 11) is 0. The zero-order chi connectivity index (χ0) is 16.8. The lowest BCUT2D eigenvalue weighted by molar-refractivity contribution is 0.589. The molecule has 0 amide bonds.